The lowest BCUT2D eigenvalue weighted by atomic mass is 9.95. The quantitative estimate of drug-likeness (QED) is 0.178. The minimum Gasteiger partial charge on any atom is -0.292 e. The molecule has 0 atom stereocenters. The summed E-state index contributed by atoms with van der Waals surface area (Å²) >= 11 is 0. The van der Waals surface area contributed by atoms with Crippen LogP contribution in [0.4, 0.5) is 0 Å². The first-order valence-electron chi connectivity index (χ1n) is 17.2. The fourth-order valence-electron chi connectivity index (χ4n) is 7.25. The zero-order chi connectivity index (χ0) is 33.7. The molecule has 0 N–H and O–H groups in total. The first kappa shape index (κ1) is 29.2. The van der Waals surface area contributed by atoms with Crippen LogP contribution in [-0.4, -0.2) is 29.3 Å². The molecule has 1 aliphatic carbocycles. The van der Waals surface area contributed by atoms with Gasteiger partial charge in [-0.3, -0.25) is 9.38 Å². The molecule has 0 amide bonds. The SMILES string of the molecule is C1=CC(c2nc3cccc4c5ccc(-c6cc(-c7cccnc7)cc(-c7nc(-c8ccccc8)nc(-c8ccccc8)n7)c6)cc5c2n34)=CCC1. The Hall–Kier alpha value is -6.79. The van der Waals surface area contributed by atoms with E-state index < -0.39 is 0 Å². The van der Waals surface area contributed by atoms with Gasteiger partial charge in [0, 0.05) is 45.4 Å². The maximum absolute atomic E-state index is 5.14. The second kappa shape index (κ2) is 12.0. The Kier molecular flexibility index (Phi) is 6.84. The van der Waals surface area contributed by atoms with Crippen molar-refractivity contribution in [2.45, 2.75) is 12.8 Å². The van der Waals surface area contributed by atoms with Gasteiger partial charge in [0.25, 0.3) is 0 Å². The molecule has 9 aromatic rings. The average molecular weight is 655 g/mol. The molecule has 5 heterocycles. The van der Waals surface area contributed by atoms with Gasteiger partial charge >= 0.3 is 0 Å². The molecule has 5 aromatic heterocycles. The predicted molar refractivity (Wildman–Crippen MR) is 206 cm³/mol. The molecule has 6 nitrogen and oxygen atoms in total. The maximum Gasteiger partial charge on any atom is 0.164 e. The molecule has 0 bridgehead atoms. The first-order valence-corrected chi connectivity index (χ1v) is 17.2. The molecule has 0 fully saturated rings. The summed E-state index contributed by atoms with van der Waals surface area (Å²) in [6, 6.07) is 44.0. The molecule has 51 heavy (non-hydrogen) atoms. The van der Waals surface area contributed by atoms with Crippen molar-refractivity contribution in [1.29, 1.82) is 0 Å². The average Bonchev–Trinajstić information content (AvgIpc) is 3.77. The van der Waals surface area contributed by atoms with Crippen LogP contribution in [0.3, 0.4) is 0 Å². The molecule has 4 aromatic carbocycles. The van der Waals surface area contributed by atoms with Crippen molar-refractivity contribution < 1.29 is 0 Å². The fraction of sp³-hybridized carbons (Fsp3) is 0.0444. The van der Waals surface area contributed by atoms with E-state index in [2.05, 4.69) is 88.3 Å². The van der Waals surface area contributed by atoms with E-state index in [-0.39, 0.29) is 0 Å². The topological polar surface area (TPSA) is 68.9 Å². The summed E-state index contributed by atoms with van der Waals surface area (Å²) in [7, 11) is 0. The Bertz CT molecular complexity index is 2730. The van der Waals surface area contributed by atoms with Crippen LogP contribution in [0.1, 0.15) is 18.5 Å². The summed E-state index contributed by atoms with van der Waals surface area (Å²) in [4.78, 5) is 24.7. The Morgan fingerprint density at radius 1 is 0.490 bits per heavy atom. The molecule has 10 rings (SSSR count). The molecule has 240 valence electrons. The van der Waals surface area contributed by atoms with Gasteiger partial charge in [-0.15, -0.1) is 0 Å². The van der Waals surface area contributed by atoms with Crippen LogP contribution in [-0.2, 0) is 0 Å². The summed E-state index contributed by atoms with van der Waals surface area (Å²) < 4.78 is 2.31. The van der Waals surface area contributed by atoms with E-state index in [1.54, 1.807) is 6.20 Å². The lowest BCUT2D eigenvalue weighted by Gasteiger charge is -2.12. The van der Waals surface area contributed by atoms with Crippen LogP contribution in [0.15, 0.2) is 158 Å². The van der Waals surface area contributed by atoms with Crippen molar-refractivity contribution in [2.24, 2.45) is 0 Å². The first-order chi connectivity index (χ1) is 25.3. The lowest BCUT2D eigenvalue weighted by Crippen LogP contribution is -2.00. The molecule has 0 unspecified atom stereocenters. The minimum absolute atomic E-state index is 0.610. The monoisotopic (exact) mass is 654 g/mol. The highest BCUT2D eigenvalue weighted by atomic mass is 15.0. The number of pyridine rings is 2. The van der Waals surface area contributed by atoms with Crippen LogP contribution in [0, 0.1) is 0 Å². The molecule has 0 spiro atoms. The van der Waals surface area contributed by atoms with Gasteiger partial charge in [0.05, 0.1) is 16.7 Å². The number of imidazole rings is 1. The molecule has 0 saturated heterocycles. The molecular formula is C45H30N6. The van der Waals surface area contributed by atoms with Crippen LogP contribution < -0.4 is 0 Å². The highest BCUT2D eigenvalue weighted by Gasteiger charge is 2.21. The zero-order valence-electron chi connectivity index (χ0n) is 27.6. The number of benzene rings is 4. The van der Waals surface area contributed by atoms with E-state index >= 15 is 0 Å². The van der Waals surface area contributed by atoms with Gasteiger partial charge in [0.2, 0.25) is 0 Å². The highest BCUT2D eigenvalue weighted by Crippen LogP contribution is 2.40. The molecule has 6 heteroatoms. The molecular weight excluding hydrogens is 625 g/mol. The van der Waals surface area contributed by atoms with Gasteiger partial charge in [0.15, 0.2) is 17.5 Å². The Morgan fingerprint density at radius 3 is 1.86 bits per heavy atom. The van der Waals surface area contributed by atoms with Crippen LogP contribution in [0.2, 0.25) is 0 Å². The zero-order valence-corrected chi connectivity index (χ0v) is 27.6. The summed E-state index contributed by atoms with van der Waals surface area (Å²) in [6.45, 7) is 0. The minimum atomic E-state index is 0.610. The molecule has 0 saturated carbocycles. The summed E-state index contributed by atoms with van der Waals surface area (Å²) in [5.74, 6) is 1.87. The van der Waals surface area contributed by atoms with Gasteiger partial charge in [-0.2, -0.15) is 0 Å². The van der Waals surface area contributed by atoms with Crippen molar-refractivity contribution in [3.8, 4) is 56.4 Å². The van der Waals surface area contributed by atoms with Gasteiger partial charge in [-0.1, -0.05) is 103 Å². The van der Waals surface area contributed by atoms with Crippen molar-refractivity contribution >= 4 is 33.0 Å². The van der Waals surface area contributed by atoms with Gasteiger partial charge in [-0.05, 0) is 77.6 Å². The van der Waals surface area contributed by atoms with Crippen molar-refractivity contribution in [3.05, 3.63) is 164 Å². The number of rotatable bonds is 6. The van der Waals surface area contributed by atoms with E-state index in [0.29, 0.717) is 17.5 Å². The number of allylic oxidation sites excluding steroid dienone is 4. The second-order valence-corrected chi connectivity index (χ2v) is 12.9. The van der Waals surface area contributed by atoms with Crippen molar-refractivity contribution in [1.82, 2.24) is 29.3 Å². The normalized spacial score (nSPS) is 13.0. The van der Waals surface area contributed by atoms with Crippen molar-refractivity contribution in [2.75, 3.05) is 0 Å². The van der Waals surface area contributed by atoms with Crippen molar-refractivity contribution in [3.63, 3.8) is 0 Å². The molecule has 1 aliphatic rings. The summed E-state index contributed by atoms with van der Waals surface area (Å²) in [5, 5.41) is 2.40. The fourth-order valence-corrected chi connectivity index (χ4v) is 7.25. The number of fused-ring (bicyclic) bond motifs is 3. The third kappa shape index (κ3) is 5.08. The van der Waals surface area contributed by atoms with E-state index in [0.717, 1.165) is 68.6 Å². The van der Waals surface area contributed by atoms with E-state index in [9.17, 15) is 0 Å². The predicted octanol–water partition coefficient (Wildman–Crippen LogP) is 10.7. The van der Waals surface area contributed by atoms with E-state index in [1.807, 2.05) is 72.9 Å². The number of hydrogen-bond donors (Lipinski definition) is 0. The van der Waals surface area contributed by atoms with Crippen LogP contribution in [0.5, 0.6) is 0 Å². The van der Waals surface area contributed by atoms with E-state index in [4.69, 9.17) is 19.9 Å². The molecule has 0 aliphatic heterocycles. The summed E-state index contributed by atoms with van der Waals surface area (Å²) in [6.07, 6.45) is 12.6. The van der Waals surface area contributed by atoms with Gasteiger partial charge in [-0.25, -0.2) is 19.9 Å². The smallest absolute Gasteiger partial charge is 0.164 e. The Balaban J connectivity index is 1.20. The second-order valence-electron chi connectivity index (χ2n) is 12.9. The van der Waals surface area contributed by atoms with Crippen LogP contribution in [0.25, 0.3) is 89.4 Å². The maximum atomic E-state index is 5.14. The third-order valence-corrected chi connectivity index (χ3v) is 9.68. The van der Waals surface area contributed by atoms with Gasteiger partial charge < -0.3 is 0 Å². The molecule has 0 radical (unpaired) electrons. The number of aromatic nitrogens is 6. The third-order valence-electron chi connectivity index (χ3n) is 9.68. The largest absolute Gasteiger partial charge is 0.292 e. The Labute approximate surface area is 294 Å². The summed E-state index contributed by atoms with van der Waals surface area (Å²) in [5.41, 5.74) is 12.5. The highest BCUT2D eigenvalue weighted by molar-refractivity contribution is 6.14. The standard InChI is InChI=1S/C45H30N6/c1-4-12-29(13-5-1)41-42-38-27-32(21-22-37(38)39-19-10-20-40(47-41)51(39)42)34-24-35(33-18-11-23-46-28-33)26-36(25-34)45-49-43(30-14-6-2-7-15-30)48-44(50-45)31-16-8-3-9-17-31/h2-4,6-28H,1,5H2. The van der Waals surface area contributed by atoms with Gasteiger partial charge in [0.1, 0.15) is 5.65 Å². The Morgan fingerprint density at radius 2 is 1.18 bits per heavy atom. The van der Waals surface area contributed by atoms with E-state index in [1.165, 1.54) is 21.9 Å². The number of nitrogens with zero attached hydrogens (tertiary/aromatic N) is 6. The van der Waals surface area contributed by atoms with Crippen LogP contribution >= 0.6 is 0 Å². The lowest BCUT2D eigenvalue weighted by molar-refractivity contribution is 1.04. The number of hydrogen-bond acceptors (Lipinski definition) is 5.